The zero-order chi connectivity index (χ0) is 17.1. The number of ether oxygens (including phenoxy) is 1. The number of nitrogens with one attached hydrogen (secondary N) is 1. The van der Waals surface area contributed by atoms with Gasteiger partial charge in [0, 0.05) is 19.2 Å². The van der Waals surface area contributed by atoms with Gasteiger partial charge in [-0.1, -0.05) is 17.3 Å². The molecule has 0 saturated carbocycles. The Labute approximate surface area is 139 Å². The maximum Gasteiger partial charge on any atom is 0.243 e. The van der Waals surface area contributed by atoms with Crippen LogP contribution < -0.4 is 5.32 Å². The second-order valence-electron chi connectivity index (χ2n) is 5.90. The number of aryl methyl sites for hydroxylation is 1. The molecule has 6 nitrogen and oxygen atoms in total. The Morgan fingerprint density at radius 2 is 2.17 bits per heavy atom. The molecule has 0 unspecified atom stereocenters. The minimum atomic E-state index is -0.345. The van der Waals surface area contributed by atoms with E-state index in [0.29, 0.717) is 31.3 Å². The van der Waals surface area contributed by atoms with Gasteiger partial charge >= 0.3 is 0 Å². The van der Waals surface area contributed by atoms with Crippen LogP contribution in [0.5, 0.6) is 0 Å². The number of rotatable bonds is 4. The van der Waals surface area contributed by atoms with Gasteiger partial charge in [-0.2, -0.15) is 0 Å². The highest BCUT2D eigenvalue weighted by Crippen LogP contribution is 2.24. The van der Waals surface area contributed by atoms with Crippen molar-refractivity contribution in [1.29, 1.82) is 0 Å². The molecule has 1 N–H and O–H groups in total. The lowest BCUT2D eigenvalue weighted by atomic mass is 10.1. The number of nitrogens with zero attached hydrogens (tertiary/aromatic N) is 2. The summed E-state index contributed by atoms with van der Waals surface area (Å²) in [6.45, 7) is 5.36. The van der Waals surface area contributed by atoms with E-state index in [1.165, 1.54) is 12.1 Å². The van der Waals surface area contributed by atoms with Crippen LogP contribution in [0.15, 0.2) is 34.9 Å². The first kappa shape index (κ1) is 16.6. The predicted molar refractivity (Wildman–Crippen MR) is 86.0 cm³/mol. The minimum Gasteiger partial charge on any atom is -0.371 e. The number of halogens is 1. The Kier molecular flexibility index (Phi) is 4.92. The molecule has 1 aromatic heterocycles. The molecule has 0 aliphatic carbocycles. The summed E-state index contributed by atoms with van der Waals surface area (Å²) < 4.78 is 23.8. The first-order valence-electron chi connectivity index (χ1n) is 7.88. The first-order chi connectivity index (χ1) is 11.5. The monoisotopic (exact) mass is 333 g/mol. The molecule has 2 atom stereocenters. The van der Waals surface area contributed by atoms with Crippen LogP contribution in [0.1, 0.15) is 24.3 Å². The zero-order valence-corrected chi connectivity index (χ0v) is 13.7. The van der Waals surface area contributed by atoms with E-state index in [4.69, 9.17) is 9.26 Å². The summed E-state index contributed by atoms with van der Waals surface area (Å²) in [6, 6.07) is 7.59. The number of carbonyl (C=O) groups excluding carboxylic acids is 1. The van der Waals surface area contributed by atoms with Crippen molar-refractivity contribution in [2.75, 3.05) is 25.0 Å². The SMILES string of the molecule is Cc1cc(NC(=O)[C@H](C)N2CCO[C@H](c3ccc(F)cc3)C2)on1. The van der Waals surface area contributed by atoms with Crippen molar-refractivity contribution in [1.82, 2.24) is 10.1 Å². The highest BCUT2D eigenvalue weighted by molar-refractivity contribution is 5.93. The molecule has 2 aromatic rings. The molecule has 1 amide bonds. The van der Waals surface area contributed by atoms with Crippen LogP contribution in [-0.4, -0.2) is 41.7 Å². The molecule has 128 valence electrons. The quantitative estimate of drug-likeness (QED) is 0.931. The van der Waals surface area contributed by atoms with Crippen molar-refractivity contribution in [3.63, 3.8) is 0 Å². The Balaban J connectivity index is 1.62. The van der Waals surface area contributed by atoms with Crippen LogP contribution in [0.4, 0.5) is 10.3 Å². The number of amides is 1. The van der Waals surface area contributed by atoms with E-state index in [1.54, 1.807) is 25.1 Å². The van der Waals surface area contributed by atoms with E-state index in [1.807, 2.05) is 11.8 Å². The van der Waals surface area contributed by atoms with Crippen LogP contribution in [0.25, 0.3) is 0 Å². The van der Waals surface area contributed by atoms with Gasteiger partial charge in [0.15, 0.2) is 0 Å². The van der Waals surface area contributed by atoms with E-state index in [9.17, 15) is 9.18 Å². The molecule has 1 saturated heterocycles. The normalized spacial score (nSPS) is 19.9. The molecule has 1 aliphatic heterocycles. The molecular weight excluding hydrogens is 313 g/mol. The second-order valence-corrected chi connectivity index (χ2v) is 5.90. The molecule has 7 heteroatoms. The fourth-order valence-corrected chi connectivity index (χ4v) is 2.71. The number of benzene rings is 1. The van der Waals surface area contributed by atoms with Crippen LogP contribution in [0, 0.1) is 12.7 Å². The smallest absolute Gasteiger partial charge is 0.243 e. The fraction of sp³-hybridized carbons (Fsp3) is 0.412. The van der Waals surface area contributed by atoms with Gasteiger partial charge in [-0.3, -0.25) is 15.0 Å². The summed E-state index contributed by atoms with van der Waals surface area (Å²) in [5, 5.41) is 6.47. The first-order valence-corrected chi connectivity index (χ1v) is 7.88. The van der Waals surface area contributed by atoms with Crippen molar-refractivity contribution < 1.29 is 18.4 Å². The molecule has 24 heavy (non-hydrogen) atoms. The van der Waals surface area contributed by atoms with Gasteiger partial charge in [-0.15, -0.1) is 0 Å². The summed E-state index contributed by atoms with van der Waals surface area (Å²) in [5.74, 6) is -0.0971. The van der Waals surface area contributed by atoms with Gasteiger partial charge in [0.25, 0.3) is 0 Å². The van der Waals surface area contributed by atoms with Crippen molar-refractivity contribution in [3.05, 3.63) is 47.4 Å². The summed E-state index contributed by atoms with van der Waals surface area (Å²) in [7, 11) is 0. The maximum atomic E-state index is 13.1. The lowest BCUT2D eigenvalue weighted by Gasteiger charge is -2.36. The standard InChI is InChI=1S/C17H20FN3O3/c1-11-9-16(24-20-11)19-17(22)12(2)21-7-8-23-15(10-21)13-3-5-14(18)6-4-13/h3-6,9,12,15H,7-8,10H2,1-2H3,(H,19,22)/t12-,15-/m0/s1. The Hall–Kier alpha value is -2.25. The number of hydrogen-bond acceptors (Lipinski definition) is 5. The molecular formula is C17H20FN3O3. The van der Waals surface area contributed by atoms with Gasteiger partial charge in [0.2, 0.25) is 11.8 Å². The Morgan fingerprint density at radius 3 is 2.83 bits per heavy atom. The molecule has 1 fully saturated rings. The van der Waals surface area contributed by atoms with E-state index in [-0.39, 0.29) is 23.9 Å². The summed E-state index contributed by atoms with van der Waals surface area (Å²) in [6.07, 6.45) is -0.179. The van der Waals surface area contributed by atoms with E-state index < -0.39 is 0 Å². The van der Waals surface area contributed by atoms with Crippen LogP contribution in [0.3, 0.4) is 0 Å². The third-order valence-corrected chi connectivity index (χ3v) is 4.14. The molecule has 1 aromatic carbocycles. The largest absolute Gasteiger partial charge is 0.371 e. The number of carbonyl (C=O) groups is 1. The van der Waals surface area contributed by atoms with Crippen LogP contribution >= 0.6 is 0 Å². The third kappa shape index (κ3) is 3.80. The van der Waals surface area contributed by atoms with Gasteiger partial charge in [-0.05, 0) is 31.5 Å². The number of hydrogen-bond donors (Lipinski definition) is 1. The molecule has 0 radical (unpaired) electrons. The lowest BCUT2D eigenvalue weighted by Crippen LogP contribution is -2.48. The van der Waals surface area contributed by atoms with Crippen LogP contribution in [0.2, 0.25) is 0 Å². The van der Waals surface area contributed by atoms with Gasteiger partial charge < -0.3 is 9.26 Å². The van der Waals surface area contributed by atoms with Gasteiger partial charge in [0.05, 0.1) is 24.4 Å². The Morgan fingerprint density at radius 1 is 1.42 bits per heavy atom. The highest BCUT2D eigenvalue weighted by atomic mass is 19.1. The molecule has 1 aliphatic rings. The van der Waals surface area contributed by atoms with E-state index >= 15 is 0 Å². The van der Waals surface area contributed by atoms with E-state index in [2.05, 4.69) is 10.5 Å². The van der Waals surface area contributed by atoms with Crippen molar-refractivity contribution in [3.8, 4) is 0 Å². The predicted octanol–water partition coefficient (Wildman–Crippen LogP) is 2.52. The topological polar surface area (TPSA) is 67.6 Å². The average Bonchev–Trinajstić information content (AvgIpc) is 3.00. The summed E-state index contributed by atoms with van der Waals surface area (Å²) in [4.78, 5) is 14.4. The van der Waals surface area contributed by atoms with Gasteiger partial charge in [0.1, 0.15) is 5.82 Å². The third-order valence-electron chi connectivity index (χ3n) is 4.14. The summed E-state index contributed by atoms with van der Waals surface area (Å²) >= 11 is 0. The second kappa shape index (κ2) is 7.11. The molecule has 3 rings (SSSR count). The summed E-state index contributed by atoms with van der Waals surface area (Å²) in [5.41, 5.74) is 1.61. The zero-order valence-electron chi connectivity index (χ0n) is 13.7. The van der Waals surface area contributed by atoms with Crippen molar-refractivity contribution >= 4 is 11.8 Å². The van der Waals surface area contributed by atoms with Gasteiger partial charge in [-0.25, -0.2) is 4.39 Å². The Bertz CT molecular complexity index is 701. The fourth-order valence-electron chi connectivity index (χ4n) is 2.71. The number of aromatic nitrogens is 1. The minimum absolute atomic E-state index is 0.161. The molecule has 0 spiro atoms. The number of morpholine rings is 1. The van der Waals surface area contributed by atoms with Crippen molar-refractivity contribution in [2.24, 2.45) is 0 Å². The van der Waals surface area contributed by atoms with Crippen LogP contribution in [-0.2, 0) is 9.53 Å². The maximum absolute atomic E-state index is 13.1. The average molecular weight is 333 g/mol. The lowest BCUT2D eigenvalue weighted by molar-refractivity contribution is -0.124. The van der Waals surface area contributed by atoms with Crippen molar-refractivity contribution in [2.45, 2.75) is 26.0 Å². The highest BCUT2D eigenvalue weighted by Gasteiger charge is 2.29. The molecule has 0 bridgehead atoms. The van der Waals surface area contributed by atoms with E-state index in [0.717, 1.165) is 5.56 Å². The molecule has 2 heterocycles. The number of anilines is 1.